The molecular formula is C20H30N4O. The molecule has 0 bridgehead atoms. The molecule has 2 atom stereocenters. The lowest BCUT2D eigenvalue weighted by molar-refractivity contribution is 0.114. The van der Waals surface area contributed by atoms with Crippen LogP contribution in [0.3, 0.4) is 0 Å². The van der Waals surface area contributed by atoms with Crippen LogP contribution in [0.5, 0.6) is 0 Å². The van der Waals surface area contributed by atoms with Crippen LogP contribution in [0.25, 0.3) is 11.0 Å². The number of aryl methyl sites for hydroxylation is 1. The second kappa shape index (κ2) is 7.65. The van der Waals surface area contributed by atoms with E-state index in [1.54, 1.807) is 0 Å². The molecule has 0 spiro atoms. The van der Waals surface area contributed by atoms with Crippen molar-refractivity contribution >= 4 is 11.0 Å². The van der Waals surface area contributed by atoms with Crippen LogP contribution in [0.15, 0.2) is 16.9 Å². The lowest BCUT2D eigenvalue weighted by atomic mass is 9.97. The minimum atomic E-state index is 0.0427. The van der Waals surface area contributed by atoms with Crippen LogP contribution in [-0.2, 0) is 6.54 Å². The number of fused-ring (bicyclic) bond motifs is 1. The monoisotopic (exact) mass is 342 g/mol. The van der Waals surface area contributed by atoms with Crippen LogP contribution in [-0.4, -0.2) is 32.5 Å². The van der Waals surface area contributed by atoms with Gasteiger partial charge in [0.1, 0.15) is 5.82 Å². The van der Waals surface area contributed by atoms with Crippen molar-refractivity contribution in [2.24, 2.45) is 5.92 Å². The molecule has 1 fully saturated rings. The predicted molar refractivity (Wildman–Crippen MR) is 102 cm³/mol. The summed E-state index contributed by atoms with van der Waals surface area (Å²) in [6.45, 7) is 11.3. The van der Waals surface area contributed by atoms with Crippen LogP contribution in [0.1, 0.15) is 64.0 Å². The Morgan fingerprint density at radius 1 is 1.28 bits per heavy atom. The maximum Gasteiger partial charge on any atom is 0.263 e. The molecule has 5 heteroatoms. The van der Waals surface area contributed by atoms with Crippen molar-refractivity contribution in [3.8, 4) is 0 Å². The molecule has 1 aliphatic rings. The van der Waals surface area contributed by atoms with Gasteiger partial charge in [-0.1, -0.05) is 20.3 Å². The van der Waals surface area contributed by atoms with E-state index >= 15 is 0 Å². The van der Waals surface area contributed by atoms with Crippen molar-refractivity contribution in [1.82, 2.24) is 19.4 Å². The van der Waals surface area contributed by atoms with Crippen molar-refractivity contribution in [3.63, 3.8) is 0 Å². The summed E-state index contributed by atoms with van der Waals surface area (Å²) in [5, 5.41) is 0.624. The first kappa shape index (κ1) is 18.1. The Hall–Kier alpha value is -1.75. The Morgan fingerprint density at radius 2 is 2.08 bits per heavy atom. The van der Waals surface area contributed by atoms with Gasteiger partial charge in [0.15, 0.2) is 5.65 Å². The van der Waals surface area contributed by atoms with Gasteiger partial charge < -0.3 is 0 Å². The van der Waals surface area contributed by atoms with Gasteiger partial charge in [-0.25, -0.2) is 9.97 Å². The fraction of sp³-hybridized carbons (Fsp3) is 0.650. The summed E-state index contributed by atoms with van der Waals surface area (Å²) < 4.78 is 1.86. The fourth-order valence-electron chi connectivity index (χ4n) is 4.03. The summed E-state index contributed by atoms with van der Waals surface area (Å²) >= 11 is 0. The zero-order valence-corrected chi connectivity index (χ0v) is 16.0. The number of hydrogen-bond acceptors (Lipinski definition) is 4. The minimum Gasteiger partial charge on any atom is -0.295 e. The van der Waals surface area contributed by atoms with Crippen LogP contribution >= 0.6 is 0 Å². The van der Waals surface area contributed by atoms with Crippen LogP contribution < -0.4 is 5.56 Å². The topological polar surface area (TPSA) is 51.0 Å². The first-order valence-corrected chi connectivity index (χ1v) is 9.67. The molecule has 0 saturated carbocycles. The number of rotatable bonds is 5. The Kier molecular flexibility index (Phi) is 5.52. The van der Waals surface area contributed by atoms with E-state index in [1.807, 2.05) is 30.5 Å². The molecule has 3 heterocycles. The van der Waals surface area contributed by atoms with Gasteiger partial charge in [0.2, 0.25) is 0 Å². The van der Waals surface area contributed by atoms with E-state index in [2.05, 4.69) is 23.7 Å². The molecule has 0 unspecified atom stereocenters. The molecule has 2 aromatic rings. The number of aromatic nitrogens is 3. The largest absolute Gasteiger partial charge is 0.295 e. The van der Waals surface area contributed by atoms with Gasteiger partial charge in [-0.2, -0.15) is 0 Å². The average Bonchev–Trinajstić information content (AvgIpc) is 2.59. The Labute approximate surface area is 150 Å². The highest BCUT2D eigenvalue weighted by Gasteiger charge is 2.28. The Bertz CT molecular complexity index is 798. The molecule has 3 rings (SSSR count). The maximum absolute atomic E-state index is 13.0. The highest BCUT2D eigenvalue weighted by atomic mass is 16.1. The van der Waals surface area contributed by atoms with E-state index in [0.29, 0.717) is 23.5 Å². The number of nitrogens with zero attached hydrogens (tertiary/aromatic N) is 4. The molecule has 5 nitrogen and oxygen atoms in total. The first-order chi connectivity index (χ1) is 12.0. The van der Waals surface area contributed by atoms with Gasteiger partial charge in [0, 0.05) is 18.8 Å². The van der Waals surface area contributed by atoms with Crippen molar-refractivity contribution in [3.05, 3.63) is 34.0 Å². The van der Waals surface area contributed by atoms with Crippen molar-refractivity contribution < 1.29 is 0 Å². The van der Waals surface area contributed by atoms with E-state index < -0.39 is 0 Å². The van der Waals surface area contributed by atoms with Gasteiger partial charge in [0.25, 0.3) is 5.56 Å². The third-order valence-corrected chi connectivity index (χ3v) is 5.29. The molecular weight excluding hydrogens is 312 g/mol. The van der Waals surface area contributed by atoms with Gasteiger partial charge in [-0.15, -0.1) is 0 Å². The average molecular weight is 342 g/mol. The van der Waals surface area contributed by atoms with Crippen LogP contribution in [0.4, 0.5) is 0 Å². The molecule has 0 aromatic carbocycles. The molecule has 0 aliphatic carbocycles. The van der Waals surface area contributed by atoms with Crippen molar-refractivity contribution in [1.29, 1.82) is 0 Å². The number of likely N-dealkylation sites (tertiary alicyclic amines) is 1. The van der Waals surface area contributed by atoms with Crippen LogP contribution in [0.2, 0.25) is 0 Å². The van der Waals surface area contributed by atoms with Crippen LogP contribution in [0, 0.1) is 12.8 Å². The number of hydrogen-bond donors (Lipinski definition) is 0. The molecule has 0 amide bonds. The Balaban J connectivity index is 2.14. The second-order valence-corrected chi connectivity index (χ2v) is 7.39. The SMILES string of the molecule is CCC[C@@H](c1nc2nc(C)ccc2c(=O)n1CC)N1CCC[C@@H](C)C1. The van der Waals surface area contributed by atoms with Crippen molar-refractivity contribution in [2.45, 2.75) is 66.0 Å². The molecule has 25 heavy (non-hydrogen) atoms. The zero-order valence-electron chi connectivity index (χ0n) is 16.0. The first-order valence-electron chi connectivity index (χ1n) is 9.67. The van der Waals surface area contributed by atoms with Gasteiger partial charge >= 0.3 is 0 Å². The van der Waals surface area contributed by atoms with Gasteiger partial charge in [-0.3, -0.25) is 14.3 Å². The second-order valence-electron chi connectivity index (χ2n) is 7.39. The molecule has 136 valence electrons. The third-order valence-electron chi connectivity index (χ3n) is 5.29. The highest BCUT2D eigenvalue weighted by molar-refractivity contribution is 5.73. The van der Waals surface area contributed by atoms with E-state index in [0.717, 1.165) is 37.4 Å². The molecule has 1 aliphatic heterocycles. The molecule has 2 aromatic heterocycles. The van der Waals surface area contributed by atoms with E-state index in [-0.39, 0.29) is 11.6 Å². The lowest BCUT2D eigenvalue weighted by Crippen LogP contribution is -2.40. The standard InChI is InChI=1S/C20H30N4O/c1-5-8-17(23-12-7-9-14(3)13-23)19-22-18-16(11-10-15(4)21-18)20(25)24(19)6-2/h10-11,14,17H,5-9,12-13H2,1-4H3/t14-,17+/m1/s1. The van der Waals surface area contributed by atoms with E-state index in [4.69, 9.17) is 4.98 Å². The number of pyridine rings is 1. The third kappa shape index (κ3) is 3.61. The quantitative estimate of drug-likeness (QED) is 0.831. The zero-order chi connectivity index (χ0) is 18.0. The summed E-state index contributed by atoms with van der Waals surface area (Å²) in [7, 11) is 0. The number of piperidine rings is 1. The highest BCUT2D eigenvalue weighted by Crippen LogP contribution is 2.29. The normalized spacial score (nSPS) is 20.1. The van der Waals surface area contributed by atoms with Gasteiger partial charge in [0.05, 0.1) is 11.4 Å². The Morgan fingerprint density at radius 3 is 2.76 bits per heavy atom. The minimum absolute atomic E-state index is 0.0427. The fourth-order valence-corrected chi connectivity index (χ4v) is 4.03. The van der Waals surface area contributed by atoms with E-state index in [1.165, 1.54) is 12.8 Å². The molecule has 0 N–H and O–H groups in total. The predicted octanol–water partition coefficient (Wildman–Crippen LogP) is 3.69. The summed E-state index contributed by atoms with van der Waals surface area (Å²) in [5.74, 6) is 1.60. The maximum atomic E-state index is 13.0. The summed E-state index contributed by atoms with van der Waals surface area (Å²) in [4.78, 5) is 25.0. The summed E-state index contributed by atoms with van der Waals surface area (Å²) in [5.41, 5.74) is 1.54. The summed E-state index contributed by atoms with van der Waals surface area (Å²) in [6, 6.07) is 3.95. The van der Waals surface area contributed by atoms with E-state index in [9.17, 15) is 4.79 Å². The molecule has 0 radical (unpaired) electrons. The summed E-state index contributed by atoms with van der Waals surface area (Å²) in [6.07, 6.45) is 4.62. The van der Waals surface area contributed by atoms with Gasteiger partial charge in [-0.05, 0) is 57.7 Å². The smallest absolute Gasteiger partial charge is 0.263 e. The van der Waals surface area contributed by atoms with Crippen molar-refractivity contribution in [2.75, 3.05) is 13.1 Å². The molecule has 1 saturated heterocycles. The lowest BCUT2D eigenvalue weighted by Gasteiger charge is -2.37.